The maximum atomic E-state index is 9.28. The van der Waals surface area contributed by atoms with E-state index in [1.165, 1.54) is 11.1 Å². The molecule has 0 aliphatic heterocycles. The molecule has 0 aliphatic carbocycles. The summed E-state index contributed by atoms with van der Waals surface area (Å²) in [6.07, 6.45) is 2.59. The van der Waals surface area contributed by atoms with E-state index < -0.39 is 0 Å². The molecule has 132 valence electrons. The highest BCUT2D eigenvalue weighted by molar-refractivity contribution is 5.75. The van der Waals surface area contributed by atoms with E-state index in [9.17, 15) is 5.11 Å². The minimum atomic E-state index is 0.124. The largest absolute Gasteiger partial charge is 0.493 e. The lowest BCUT2D eigenvalue weighted by Gasteiger charge is -2.11. The number of hydrogen-bond acceptors (Lipinski definition) is 3. The Morgan fingerprint density at radius 2 is 1.92 bits per heavy atom. The molecule has 1 N–H and O–H groups in total. The third-order valence-corrected chi connectivity index (χ3v) is 4.43. The third kappa shape index (κ3) is 4.20. The fourth-order valence-electron chi connectivity index (χ4n) is 3.18. The SMILES string of the molecule is Cc1ccc(OCCCCn2c(CCO)nc3ccccc32)c(C)c1. The Hall–Kier alpha value is -2.33. The first kappa shape index (κ1) is 17.5. The van der Waals surface area contributed by atoms with Crippen molar-refractivity contribution in [3.8, 4) is 5.75 Å². The van der Waals surface area contributed by atoms with Crippen LogP contribution < -0.4 is 4.74 Å². The van der Waals surface area contributed by atoms with Crippen LogP contribution in [0, 0.1) is 13.8 Å². The smallest absolute Gasteiger partial charge is 0.122 e. The third-order valence-electron chi connectivity index (χ3n) is 4.43. The van der Waals surface area contributed by atoms with Gasteiger partial charge >= 0.3 is 0 Å². The van der Waals surface area contributed by atoms with Crippen molar-refractivity contribution in [3.05, 3.63) is 59.4 Å². The molecule has 1 aromatic heterocycles. The number of benzene rings is 2. The second-order valence-corrected chi connectivity index (χ2v) is 6.47. The summed E-state index contributed by atoms with van der Waals surface area (Å²) in [5.74, 6) is 1.93. The van der Waals surface area contributed by atoms with Gasteiger partial charge in [-0.25, -0.2) is 4.98 Å². The molecule has 3 rings (SSSR count). The number of aliphatic hydroxyl groups excluding tert-OH is 1. The molecule has 0 bridgehead atoms. The van der Waals surface area contributed by atoms with Gasteiger partial charge in [-0.05, 0) is 50.5 Å². The van der Waals surface area contributed by atoms with Crippen molar-refractivity contribution in [2.45, 2.75) is 39.7 Å². The number of fused-ring (bicyclic) bond motifs is 1. The van der Waals surface area contributed by atoms with Crippen LogP contribution in [0.5, 0.6) is 5.75 Å². The van der Waals surface area contributed by atoms with Gasteiger partial charge in [0.25, 0.3) is 0 Å². The van der Waals surface area contributed by atoms with Gasteiger partial charge in [-0.1, -0.05) is 29.8 Å². The molecule has 4 heteroatoms. The number of para-hydroxylation sites is 2. The molecule has 0 spiro atoms. The number of ether oxygens (including phenoxy) is 1. The highest BCUT2D eigenvalue weighted by atomic mass is 16.5. The molecule has 0 saturated carbocycles. The fraction of sp³-hybridized carbons (Fsp3) is 0.381. The predicted molar refractivity (Wildman–Crippen MR) is 101 cm³/mol. The summed E-state index contributed by atoms with van der Waals surface area (Å²) >= 11 is 0. The Balaban J connectivity index is 1.57. The first-order chi connectivity index (χ1) is 12.2. The van der Waals surface area contributed by atoms with Crippen LogP contribution in [0.3, 0.4) is 0 Å². The molecule has 0 radical (unpaired) electrons. The van der Waals surface area contributed by atoms with Crippen LogP contribution in [-0.2, 0) is 13.0 Å². The van der Waals surface area contributed by atoms with E-state index in [0.29, 0.717) is 13.0 Å². The summed E-state index contributed by atoms with van der Waals surface area (Å²) < 4.78 is 8.14. The van der Waals surface area contributed by atoms with Gasteiger partial charge in [-0.15, -0.1) is 0 Å². The minimum Gasteiger partial charge on any atom is -0.493 e. The monoisotopic (exact) mass is 338 g/mol. The van der Waals surface area contributed by atoms with Crippen LogP contribution in [0.1, 0.15) is 29.8 Å². The number of nitrogens with zero attached hydrogens (tertiary/aromatic N) is 2. The van der Waals surface area contributed by atoms with Crippen LogP contribution in [0.2, 0.25) is 0 Å². The van der Waals surface area contributed by atoms with Gasteiger partial charge < -0.3 is 14.4 Å². The van der Waals surface area contributed by atoms with E-state index in [2.05, 4.69) is 41.6 Å². The first-order valence-corrected chi connectivity index (χ1v) is 8.94. The number of imidazole rings is 1. The van der Waals surface area contributed by atoms with Crippen molar-refractivity contribution < 1.29 is 9.84 Å². The molecule has 0 saturated heterocycles. The quantitative estimate of drug-likeness (QED) is 0.630. The van der Waals surface area contributed by atoms with E-state index in [0.717, 1.165) is 42.0 Å². The minimum absolute atomic E-state index is 0.124. The van der Waals surface area contributed by atoms with E-state index in [1.54, 1.807) is 0 Å². The van der Waals surface area contributed by atoms with Crippen LogP contribution in [0.4, 0.5) is 0 Å². The van der Waals surface area contributed by atoms with E-state index in [1.807, 2.05) is 24.3 Å². The number of aromatic nitrogens is 2. The van der Waals surface area contributed by atoms with E-state index in [4.69, 9.17) is 4.74 Å². The predicted octanol–water partition coefficient (Wildman–Crippen LogP) is 4.05. The van der Waals surface area contributed by atoms with Gasteiger partial charge in [-0.2, -0.15) is 0 Å². The molecule has 0 atom stereocenters. The zero-order valence-corrected chi connectivity index (χ0v) is 15.0. The topological polar surface area (TPSA) is 47.3 Å². The average molecular weight is 338 g/mol. The summed E-state index contributed by atoms with van der Waals surface area (Å²) in [5, 5.41) is 9.28. The Morgan fingerprint density at radius 1 is 1.08 bits per heavy atom. The second kappa shape index (κ2) is 8.17. The number of unbranched alkanes of at least 4 members (excludes halogenated alkanes) is 1. The summed E-state index contributed by atoms with van der Waals surface area (Å²) in [5.41, 5.74) is 4.58. The molecule has 3 aromatic rings. The van der Waals surface area contributed by atoms with E-state index >= 15 is 0 Å². The lowest BCUT2D eigenvalue weighted by atomic mass is 10.1. The molecule has 4 nitrogen and oxygen atoms in total. The summed E-state index contributed by atoms with van der Waals surface area (Å²) in [6, 6.07) is 14.4. The molecule has 0 amide bonds. The normalized spacial score (nSPS) is 11.2. The highest BCUT2D eigenvalue weighted by Gasteiger charge is 2.09. The average Bonchev–Trinajstić information content (AvgIpc) is 2.94. The maximum absolute atomic E-state index is 9.28. The molecule has 0 fully saturated rings. The molecule has 0 aliphatic rings. The van der Waals surface area contributed by atoms with Crippen LogP contribution in [-0.4, -0.2) is 27.9 Å². The molecule has 0 unspecified atom stereocenters. The van der Waals surface area contributed by atoms with Crippen molar-refractivity contribution in [1.82, 2.24) is 9.55 Å². The summed E-state index contributed by atoms with van der Waals surface area (Å²) in [4.78, 5) is 4.64. The van der Waals surface area contributed by atoms with E-state index in [-0.39, 0.29) is 6.61 Å². The number of aliphatic hydroxyl groups is 1. The Kier molecular flexibility index (Phi) is 5.71. The van der Waals surface area contributed by atoms with Gasteiger partial charge in [0.1, 0.15) is 11.6 Å². The van der Waals surface area contributed by atoms with Gasteiger partial charge in [0, 0.05) is 13.0 Å². The zero-order valence-electron chi connectivity index (χ0n) is 15.0. The number of aryl methyl sites for hydroxylation is 3. The lowest BCUT2D eigenvalue weighted by molar-refractivity contribution is 0.291. The van der Waals surface area contributed by atoms with Crippen LogP contribution >= 0.6 is 0 Å². The standard InChI is InChI=1S/C21H26N2O2/c1-16-9-10-20(17(2)15-16)25-14-6-5-12-23-19-8-4-3-7-18(19)22-21(23)11-13-24/h3-4,7-10,15,24H,5-6,11-14H2,1-2H3. The number of rotatable bonds is 8. The lowest BCUT2D eigenvalue weighted by Crippen LogP contribution is -2.07. The summed E-state index contributed by atoms with van der Waals surface area (Å²) in [7, 11) is 0. The van der Waals surface area contributed by atoms with Crippen LogP contribution in [0.25, 0.3) is 11.0 Å². The van der Waals surface area contributed by atoms with Gasteiger partial charge in [0.15, 0.2) is 0 Å². The van der Waals surface area contributed by atoms with Crippen molar-refractivity contribution in [2.75, 3.05) is 13.2 Å². The van der Waals surface area contributed by atoms with Gasteiger partial charge in [0.05, 0.1) is 24.2 Å². The first-order valence-electron chi connectivity index (χ1n) is 8.94. The van der Waals surface area contributed by atoms with Crippen LogP contribution in [0.15, 0.2) is 42.5 Å². The highest BCUT2D eigenvalue weighted by Crippen LogP contribution is 2.20. The summed E-state index contributed by atoms with van der Waals surface area (Å²) in [6.45, 7) is 5.91. The van der Waals surface area contributed by atoms with Crippen molar-refractivity contribution in [3.63, 3.8) is 0 Å². The Labute approximate surface area is 149 Å². The molecular formula is C21H26N2O2. The van der Waals surface area contributed by atoms with Crippen molar-refractivity contribution >= 4 is 11.0 Å². The maximum Gasteiger partial charge on any atom is 0.122 e. The molecule has 1 heterocycles. The molecule has 25 heavy (non-hydrogen) atoms. The second-order valence-electron chi connectivity index (χ2n) is 6.47. The zero-order chi connectivity index (χ0) is 17.6. The van der Waals surface area contributed by atoms with Gasteiger partial charge in [-0.3, -0.25) is 0 Å². The van der Waals surface area contributed by atoms with Crippen molar-refractivity contribution in [1.29, 1.82) is 0 Å². The molecule has 2 aromatic carbocycles. The van der Waals surface area contributed by atoms with Crippen molar-refractivity contribution in [2.24, 2.45) is 0 Å². The van der Waals surface area contributed by atoms with Gasteiger partial charge in [0.2, 0.25) is 0 Å². The Morgan fingerprint density at radius 3 is 2.72 bits per heavy atom. The Bertz CT molecular complexity index is 839. The fourth-order valence-corrected chi connectivity index (χ4v) is 3.18. The molecular weight excluding hydrogens is 312 g/mol. The number of hydrogen-bond donors (Lipinski definition) is 1.